The second-order valence-corrected chi connectivity index (χ2v) is 8.43. The average Bonchev–Trinajstić information content (AvgIpc) is 3.31. The number of benzene rings is 3. The lowest BCUT2D eigenvalue weighted by Gasteiger charge is -2.25. The van der Waals surface area contributed by atoms with Gasteiger partial charge in [-0.25, -0.2) is 9.59 Å². The van der Waals surface area contributed by atoms with Crippen LogP contribution in [0.15, 0.2) is 85.1 Å². The number of hydrogen-bond acceptors (Lipinski definition) is 5. The number of amides is 1. The zero-order valence-corrected chi connectivity index (χ0v) is 20.1. The molecule has 0 saturated heterocycles. The first-order valence-electron chi connectivity index (χ1n) is 11.6. The van der Waals surface area contributed by atoms with Gasteiger partial charge in [-0.1, -0.05) is 66.7 Å². The number of esters is 1. The van der Waals surface area contributed by atoms with Crippen molar-refractivity contribution in [3.63, 3.8) is 0 Å². The first-order chi connectivity index (χ1) is 17.6. The van der Waals surface area contributed by atoms with Gasteiger partial charge in [0.15, 0.2) is 0 Å². The van der Waals surface area contributed by atoms with Crippen LogP contribution in [0.5, 0.6) is 5.75 Å². The second-order valence-electron chi connectivity index (χ2n) is 8.43. The Hall–Kier alpha value is -4.52. The highest BCUT2D eigenvalue weighted by Gasteiger charge is 2.28. The predicted octanol–water partition coefficient (Wildman–Crippen LogP) is 5.70. The fraction of sp³-hybridized carbons (Fsp3) is 0.172. The third-order valence-corrected chi connectivity index (χ3v) is 6.25. The number of methoxy groups -OCH3 is 2. The molecule has 0 bridgehead atoms. The Morgan fingerprint density at radius 2 is 1.58 bits per heavy atom. The third kappa shape index (κ3) is 4.31. The molecule has 0 N–H and O–H groups in total. The van der Waals surface area contributed by atoms with Gasteiger partial charge in [0, 0.05) is 24.2 Å². The van der Waals surface area contributed by atoms with Crippen molar-refractivity contribution in [2.75, 3.05) is 19.1 Å². The average molecular weight is 483 g/mol. The molecule has 0 spiro atoms. The van der Waals surface area contributed by atoms with E-state index in [1.54, 1.807) is 6.20 Å². The number of carbonyl (C=O) groups is 2. The number of ether oxygens (including phenoxy) is 3. The van der Waals surface area contributed by atoms with E-state index in [1.807, 2.05) is 83.4 Å². The Labute approximate surface area is 209 Å². The van der Waals surface area contributed by atoms with Gasteiger partial charge in [-0.15, -0.1) is 0 Å². The fourth-order valence-corrected chi connectivity index (χ4v) is 4.55. The lowest BCUT2D eigenvalue weighted by atomic mass is 10.0. The van der Waals surface area contributed by atoms with Crippen molar-refractivity contribution in [3.8, 4) is 5.75 Å². The molecule has 3 aromatic carbocycles. The summed E-state index contributed by atoms with van der Waals surface area (Å²) in [6.45, 7) is 0.776. The van der Waals surface area contributed by atoms with Crippen LogP contribution in [0.1, 0.15) is 27.2 Å². The summed E-state index contributed by atoms with van der Waals surface area (Å²) in [4.78, 5) is 26.9. The molecule has 0 aliphatic carbocycles. The van der Waals surface area contributed by atoms with Crippen molar-refractivity contribution < 1.29 is 23.8 Å². The zero-order chi connectivity index (χ0) is 25.1. The van der Waals surface area contributed by atoms with Crippen molar-refractivity contribution in [1.29, 1.82) is 0 Å². The van der Waals surface area contributed by atoms with E-state index in [-0.39, 0.29) is 0 Å². The normalized spacial score (nSPS) is 12.3. The number of aromatic nitrogens is 1. The number of nitrogens with zero attached hydrogens (tertiary/aromatic N) is 2. The fourth-order valence-electron chi connectivity index (χ4n) is 4.55. The standard InChI is InChI=1S/C29H26N2O5/c1-34-28(32)25-16-23-22-14-9-15-30(29(33)35-2)24(22)17-26(36-19-21-12-7-4-8-13-21)27(23)31(25)18-20-10-5-3-6-11-20/h3-13,15-17H,14,18-19H2,1-2H3. The first kappa shape index (κ1) is 23.2. The van der Waals surface area contributed by atoms with Gasteiger partial charge in [0.2, 0.25) is 0 Å². The monoisotopic (exact) mass is 482 g/mol. The maximum atomic E-state index is 12.9. The van der Waals surface area contributed by atoms with Crippen LogP contribution in [0.25, 0.3) is 10.9 Å². The van der Waals surface area contributed by atoms with E-state index in [4.69, 9.17) is 14.2 Å². The molecular formula is C29H26N2O5. The van der Waals surface area contributed by atoms with Crippen LogP contribution in [0.3, 0.4) is 0 Å². The van der Waals surface area contributed by atoms with Crippen LogP contribution in [-0.2, 0) is 29.0 Å². The summed E-state index contributed by atoms with van der Waals surface area (Å²) in [7, 11) is 2.72. The number of fused-ring (bicyclic) bond motifs is 3. The van der Waals surface area contributed by atoms with Crippen molar-refractivity contribution in [3.05, 3.63) is 107 Å². The Bertz CT molecular complexity index is 1440. The molecule has 2 heterocycles. The lowest BCUT2D eigenvalue weighted by molar-refractivity contribution is 0.0589. The predicted molar refractivity (Wildman–Crippen MR) is 137 cm³/mol. The van der Waals surface area contributed by atoms with Gasteiger partial charge >= 0.3 is 12.1 Å². The molecule has 0 fully saturated rings. The lowest BCUT2D eigenvalue weighted by Crippen LogP contribution is -2.28. The van der Waals surface area contributed by atoms with Gasteiger partial charge < -0.3 is 18.8 Å². The van der Waals surface area contributed by atoms with Crippen molar-refractivity contribution in [2.24, 2.45) is 0 Å². The SMILES string of the molecule is COC(=O)c1cc2c3c(cc(OCc4ccccc4)c2n1Cc1ccccc1)N(C(=O)OC)C=CC3. The van der Waals surface area contributed by atoms with Gasteiger partial charge in [-0.05, 0) is 29.2 Å². The molecule has 0 unspecified atom stereocenters. The number of anilines is 1. The summed E-state index contributed by atoms with van der Waals surface area (Å²) in [5.41, 5.74) is 4.78. The Morgan fingerprint density at radius 1 is 0.889 bits per heavy atom. The highest BCUT2D eigenvalue weighted by Crippen LogP contribution is 2.41. The number of hydrogen-bond donors (Lipinski definition) is 0. The van der Waals surface area contributed by atoms with Crippen LogP contribution in [0, 0.1) is 0 Å². The summed E-state index contributed by atoms with van der Waals surface area (Å²) >= 11 is 0. The molecule has 1 aromatic heterocycles. The molecule has 182 valence electrons. The Kier molecular flexibility index (Phi) is 6.45. The van der Waals surface area contributed by atoms with E-state index in [0.29, 0.717) is 36.7 Å². The van der Waals surface area contributed by atoms with Gasteiger partial charge in [-0.3, -0.25) is 4.90 Å². The minimum absolute atomic E-state index is 0.326. The van der Waals surface area contributed by atoms with E-state index >= 15 is 0 Å². The Morgan fingerprint density at radius 3 is 2.25 bits per heavy atom. The van der Waals surface area contributed by atoms with E-state index in [1.165, 1.54) is 19.1 Å². The van der Waals surface area contributed by atoms with Crippen molar-refractivity contribution >= 4 is 28.7 Å². The highest BCUT2D eigenvalue weighted by atomic mass is 16.5. The summed E-state index contributed by atoms with van der Waals surface area (Å²) in [6, 6.07) is 23.4. The zero-order valence-electron chi connectivity index (χ0n) is 20.1. The van der Waals surface area contributed by atoms with Gasteiger partial charge in [-0.2, -0.15) is 0 Å². The second kappa shape index (κ2) is 10.00. The molecule has 0 atom stereocenters. The smallest absolute Gasteiger partial charge is 0.418 e. The number of allylic oxidation sites excluding steroid dienone is 1. The van der Waals surface area contributed by atoms with Gasteiger partial charge in [0.05, 0.1) is 25.4 Å². The summed E-state index contributed by atoms with van der Waals surface area (Å²) < 4.78 is 18.4. The van der Waals surface area contributed by atoms with Crippen molar-refractivity contribution in [1.82, 2.24) is 4.57 Å². The maximum Gasteiger partial charge on any atom is 0.418 e. The molecule has 0 saturated carbocycles. The van der Waals surface area contributed by atoms with E-state index < -0.39 is 12.1 Å². The summed E-state index contributed by atoms with van der Waals surface area (Å²) in [5.74, 6) is 0.115. The maximum absolute atomic E-state index is 12.9. The van der Waals surface area contributed by atoms with E-state index in [9.17, 15) is 9.59 Å². The minimum atomic E-state index is -0.502. The third-order valence-electron chi connectivity index (χ3n) is 6.25. The summed E-state index contributed by atoms with van der Waals surface area (Å²) in [5, 5.41) is 0.824. The van der Waals surface area contributed by atoms with Gasteiger partial charge in [0.1, 0.15) is 18.1 Å². The van der Waals surface area contributed by atoms with Crippen LogP contribution >= 0.6 is 0 Å². The molecule has 7 nitrogen and oxygen atoms in total. The molecule has 1 aliphatic heterocycles. The van der Waals surface area contributed by atoms with Crippen LogP contribution in [-0.4, -0.2) is 30.8 Å². The molecule has 0 radical (unpaired) electrons. The van der Waals surface area contributed by atoms with Crippen LogP contribution in [0.2, 0.25) is 0 Å². The largest absolute Gasteiger partial charge is 0.487 e. The first-order valence-corrected chi connectivity index (χ1v) is 11.6. The number of rotatable bonds is 6. The van der Waals surface area contributed by atoms with Crippen LogP contribution < -0.4 is 9.64 Å². The minimum Gasteiger partial charge on any atom is -0.487 e. The summed E-state index contributed by atoms with van der Waals surface area (Å²) in [6.07, 6.45) is 3.69. The highest BCUT2D eigenvalue weighted by molar-refractivity contribution is 6.04. The molecule has 7 heteroatoms. The topological polar surface area (TPSA) is 70.0 Å². The van der Waals surface area contributed by atoms with Gasteiger partial charge in [0.25, 0.3) is 0 Å². The number of carbonyl (C=O) groups excluding carboxylic acids is 2. The molecule has 36 heavy (non-hydrogen) atoms. The molecule has 1 amide bonds. The molecule has 4 aromatic rings. The molecule has 1 aliphatic rings. The van der Waals surface area contributed by atoms with Crippen LogP contribution in [0.4, 0.5) is 10.5 Å². The van der Waals surface area contributed by atoms with E-state index in [2.05, 4.69) is 0 Å². The Balaban J connectivity index is 1.73. The van der Waals surface area contributed by atoms with E-state index in [0.717, 1.165) is 27.6 Å². The quantitative estimate of drug-likeness (QED) is 0.330. The molecule has 5 rings (SSSR count). The molecular weight excluding hydrogens is 456 g/mol. The van der Waals surface area contributed by atoms with Crippen molar-refractivity contribution in [2.45, 2.75) is 19.6 Å².